The molecule has 1 unspecified atom stereocenters. The number of hydrogen-bond acceptors (Lipinski definition) is 3. The molecule has 0 bridgehead atoms. The van der Waals surface area contributed by atoms with E-state index in [1.807, 2.05) is 6.92 Å². The largest absolute Gasteiger partial charge is 0.508 e. The van der Waals surface area contributed by atoms with Gasteiger partial charge in [0.2, 0.25) is 0 Å². The van der Waals surface area contributed by atoms with Crippen LogP contribution in [0.2, 0.25) is 0 Å². The topological polar surface area (TPSA) is 41.5 Å². The van der Waals surface area contributed by atoms with E-state index in [-0.39, 0.29) is 17.6 Å². The molecule has 0 spiro atoms. The van der Waals surface area contributed by atoms with E-state index in [0.29, 0.717) is 12.2 Å². The summed E-state index contributed by atoms with van der Waals surface area (Å²) in [6.45, 7) is 3.35. The molecule has 0 aliphatic rings. The summed E-state index contributed by atoms with van der Waals surface area (Å²) >= 11 is 0. The van der Waals surface area contributed by atoms with E-state index in [0.717, 1.165) is 13.0 Å². The van der Waals surface area contributed by atoms with Crippen molar-refractivity contribution in [1.82, 2.24) is 5.32 Å². The van der Waals surface area contributed by atoms with Crippen molar-refractivity contribution in [3.05, 3.63) is 29.6 Å². The number of hydrogen-bond donors (Lipinski definition) is 2. The van der Waals surface area contributed by atoms with Crippen LogP contribution in [0, 0.1) is 5.82 Å². The van der Waals surface area contributed by atoms with E-state index in [1.54, 1.807) is 7.11 Å². The van der Waals surface area contributed by atoms with Crippen LogP contribution in [-0.2, 0) is 4.74 Å². The number of nitrogens with one attached hydrogen (secondary N) is 1. The number of benzene rings is 1. The quantitative estimate of drug-likeness (QED) is 0.732. The highest BCUT2D eigenvalue weighted by Gasteiger charge is 2.10. The van der Waals surface area contributed by atoms with Crippen molar-refractivity contribution >= 4 is 0 Å². The fraction of sp³-hybridized carbons (Fsp3) is 0.500. The second-order valence-electron chi connectivity index (χ2n) is 3.73. The minimum atomic E-state index is -0.335. The van der Waals surface area contributed by atoms with Gasteiger partial charge in [-0.2, -0.15) is 0 Å². The van der Waals surface area contributed by atoms with E-state index in [1.165, 1.54) is 18.2 Å². The van der Waals surface area contributed by atoms with Crippen LogP contribution in [0.15, 0.2) is 18.2 Å². The zero-order valence-corrected chi connectivity index (χ0v) is 9.66. The summed E-state index contributed by atoms with van der Waals surface area (Å²) in [5, 5.41) is 12.8. The first-order valence-electron chi connectivity index (χ1n) is 5.36. The number of halogens is 1. The lowest BCUT2D eigenvalue weighted by molar-refractivity contribution is 0.193. The van der Waals surface area contributed by atoms with E-state index < -0.39 is 0 Å². The molecule has 0 radical (unpaired) electrons. The lowest BCUT2D eigenvalue weighted by Crippen LogP contribution is -2.21. The summed E-state index contributed by atoms with van der Waals surface area (Å²) in [7, 11) is 1.65. The molecule has 1 aromatic rings. The molecular formula is C12H18FNO2. The molecule has 0 heterocycles. The van der Waals surface area contributed by atoms with Crippen LogP contribution >= 0.6 is 0 Å². The number of ether oxygens (including phenoxy) is 1. The molecule has 90 valence electrons. The molecule has 0 aliphatic heterocycles. The molecule has 16 heavy (non-hydrogen) atoms. The van der Waals surface area contributed by atoms with Crippen LogP contribution in [0.3, 0.4) is 0 Å². The normalized spacial score (nSPS) is 12.7. The fourth-order valence-electron chi connectivity index (χ4n) is 1.52. The monoisotopic (exact) mass is 227 g/mol. The molecule has 0 saturated heterocycles. The minimum Gasteiger partial charge on any atom is -0.508 e. The van der Waals surface area contributed by atoms with Gasteiger partial charge in [-0.3, -0.25) is 0 Å². The predicted octanol–water partition coefficient (Wildman–Crippen LogP) is 2.22. The molecule has 0 saturated carbocycles. The average Bonchev–Trinajstić information content (AvgIpc) is 2.27. The summed E-state index contributed by atoms with van der Waals surface area (Å²) in [5.74, 6) is -0.216. The second-order valence-corrected chi connectivity index (χ2v) is 3.73. The third-order valence-electron chi connectivity index (χ3n) is 2.43. The van der Waals surface area contributed by atoms with Gasteiger partial charge in [0.1, 0.15) is 11.6 Å². The van der Waals surface area contributed by atoms with Gasteiger partial charge < -0.3 is 15.2 Å². The van der Waals surface area contributed by atoms with Crippen molar-refractivity contribution in [2.24, 2.45) is 0 Å². The van der Waals surface area contributed by atoms with E-state index >= 15 is 0 Å². The van der Waals surface area contributed by atoms with Gasteiger partial charge in [0, 0.05) is 25.3 Å². The Labute approximate surface area is 95.2 Å². The summed E-state index contributed by atoms with van der Waals surface area (Å²) in [5.41, 5.74) is 0.581. The minimum absolute atomic E-state index is 0.0763. The smallest absolute Gasteiger partial charge is 0.123 e. The van der Waals surface area contributed by atoms with Gasteiger partial charge >= 0.3 is 0 Å². The number of aromatic hydroxyl groups is 1. The van der Waals surface area contributed by atoms with Crippen molar-refractivity contribution < 1.29 is 14.2 Å². The summed E-state index contributed by atoms with van der Waals surface area (Å²) < 4.78 is 17.9. The zero-order chi connectivity index (χ0) is 12.0. The Morgan fingerprint density at radius 2 is 2.25 bits per heavy atom. The number of phenolic OH excluding ortho intramolecular Hbond substituents is 1. The van der Waals surface area contributed by atoms with Gasteiger partial charge in [0.15, 0.2) is 0 Å². The van der Waals surface area contributed by atoms with Gasteiger partial charge in [0.05, 0.1) is 0 Å². The number of rotatable bonds is 6. The van der Waals surface area contributed by atoms with Gasteiger partial charge in [-0.1, -0.05) is 0 Å². The van der Waals surface area contributed by atoms with Crippen LogP contribution in [0.4, 0.5) is 4.39 Å². The molecular weight excluding hydrogens is 209 g/mol. The SMILES string of the molecule is COCCCNC(C)c1cc(F)ccc1O. The Morgan fingerprint density at radius 3 is 2.94 bits per heavy atom. The Hall–Kier alpha value is -1.13. The maximum Gasteiger partial charge on any atom is 0.123 e. The lowest BCUT2D eigenvalue weighted by atomic mass is 10.1. The van der Waals surface area contributed by atoms with Crippen LogP contribution in [0.25, 0.3) is 0 Å². The van der Waals surface area contributed by atoms with Crippen LogP contribution in [0.5, 0.6) is 5.75 Å². The first kappa shape index (κ1) is 12.9. The molecule has 1 rings (SSSR count). The molecule has 0 aliphatic carbocycles. The molecule has 0 fully saturated rings. The van der Waals surface area contributed by atoms with Crippen molar-refractivity contribution in [3.8, 4) is 5.75 Å². The van der Waals surface area contributed by atoms with Crippen LogP contribution in [0.1, 0.15) is 24.9 Å². The molecule has 1 aromatic carbocycles. The summed E-state index contributed by atoms with van der Waals surface area (Å²) in [6, 6.07) is 3.89. The predicted molar refractivity (Wildman–Crippen MR) is 61.0 cm³/mol. The van der Waals surface area contributed by atoms with E-state index in [2.05, 4.69) is 5.32 Å². The van der Waals surface area contributed by atoms with Crippen molar-refractivity contribution in [2.45, 2.75) is 19.4 Å². The highest BCUT2D eigenvalue weighted by Crippen LogP contribution is 2.24. The van der Waals surface area contributed by atoms with Gasteiger partial charge in [-0.05, 0) is 38.1 Å². The third-order valence-corrected chi connectivity index (χ3v) is 2.43. The first-order chi connectivity index (χ1) is 7.65. The summed E-state index contributed by atoms with van der Waals surface area (Å²) in [4.78, 5) is 0. The van der Waals surface area contributed by atoms with Crippen molar-refractivity contribution in [3.63, 3.8) is 0 Å². The average molecular weight is 227 g/mol. The Kier molecular flexibility index (Phi) is 5.22. The molecule has 0 aromatic heterocycles. The molecule has 0 amide bonds. The molecule has 1 atom stereocenters. The van der Waals surface area contributed by atoms with Crippen molar-refractivity contribution in [2.75, 3.05) is 20.3 Å². The van der Waals surface area contributed by atoms with Crippen molar-refractivity contribution in [1.29, 1.82) is 0 Å². The van der Waals surface area contributed by atoms with Gasteiger partial charge in [0.25, 0.3) is 0 Å². The molecule has 3 nitrogen and oxygen atoms in total. The third kappa shape index (κ3) is 3.79. The van der Waals surface area contributed by atoms with E-state index in [4.69, 9.17) is 4.74 Å². The van der Waals surface area contributed by atoms with Gasteiger partial charge in [-0.25, -0.2) is 4.39 Å². The Balaban J connectivity index is 2.51. The standard InChI is InChI=1S/C12H18FNO2/c1-9(14-6-3-7-16-2)11-8-10(13)4-5-12(11)15/h4-5,8-9,14-15H,3,6-7H2,1-2H3. The first-order valence-corrected chi connectivity index (χ1v) is 5.36. The van der Waals surface area contributed by atoms with E-state index in [9.17, 15) is 9.50 Å². The maximum absolute atomic E-state index is 13.0. The number of methoxy groups -OCH3 is 1. The maximum atomic E-state index is 13.0. The van der Waals surface area contributed by atoms with Crippen LogP contribution in [-0.4, -0.2) is 25.4 Å². The number of phenols is 1. The van der Waals surface area contributed by atoms with Gasteiger partial charge in [-0.15, -0.1) is 0 Å². The fourth-order valence-corrected chi connectivity index (χ4v) is 1.52. The molecule has 4 heteroatoms. The second kappa shape index (κ2) is 6.45. The summed E-state index contributed by atoms with van der Waals surface area (Å²) in [6.07, 6.45) is 0.886. The zero-order valence-electron chi connectivity index (χ0n) is 9.66. The Morgan fingerprint density at radius 1 is 1.50 bits per heavy atom. The molecule has 2 N–H and O–H groups in total. The van der Waals surface area contributed by atoms with Crippen LogP contribution < -0.4 is 5.32 Å². The highest BCUT2D eigenvalue weighted by atomic mass is 19.1. The Bertz CT molecular complexity index is 331. The highest BCUT2D eigenvalue weighted by molar-refractivity contribution is 5.34. The lowest BCUT2D eigenvalue weighted by Gasteiger charge is -2.15.